The minimum absolute atomic E-state index is 0.183. The zero-order valence-corrected chi connectivity index (χ0v) is 16.2. The maximum atomic E-state index is 12.6. The van der Waals surface area contributed by atoms with Crippen molar-refractivity contribution in [2.24, 2.45) is 0 Å². The number of carbonyl (C=O) groups is 1. The third kappa shape index (κ3) is 4.71. The summed E-state index contributed by atoms with van der Waals surface area (Å²) in [5.74, 6) is 0.214. The first-order valence-corrected chi connectivity index (χ1v) is 10.6. The highest BCUT2D eigenvalue weighted by atomic mass is 16.5. The Labute approximate surface area is 162 Å². The molecule has 0 N–H and O–H groups in total. The Hall–Kier alpha value is -1.43. The van der Waals surface area contributed by atoms with Crippen molar-refractivity contribution < 1.29 is 14.3 Å². The highest BCUT2D eigenvalue weighted by Gasteiger charge is 2.34. The van der Waals surface area contributed by atoms with Gasteiger partial charge >= 0.3 is 0 Å². The number of hydrogen-bond donors (Lipinski definition) is 0. The quantitative estimate of drug-likeness (QED) is 0.797. The summed E-state index contributed by atoms with van der Waals surface area (Å²) >= 11 is 0. The lowest BCUT2D eigenvalue weighted by molar-refractivity contribution is -0.142. The molecule has 3 aliphatic rings. The van der Waals surface area contributed by atoms with Gasteiger partial charge in [-0.15, -0.1) is 0 Å². The Morgan fingerprint density at radius 2 is 1.67 bits per heavy atom. The molecule has 1 aromatic rings. The summed E-state index contributed by atoms with van der Waals surface area (Å²) in [6.07, 6.45) is 6.06. The second-order valence-electron chi connectivity index (χ2n) is 8.06. The van der Waals surface area contributed by atoms with Crippen LogP contribution in [0.3, 0.4) is 0 Å². The molecular weight excluding hydrogens is 340 g/mol. The normalized spacial score (nSPS) is 25.2. The highest BCUT2D eigenvalue weighted by molar-refractivity contribution is 5.81. The lowest BCUT2D eigenvalue weighted by Gasteiger charge is -2.44. The van der Waals surface area contributed by atoms with Crippen molar-refractivity contribution in [3.63, 3.8) is 0 Å². The van der Waals surface area contributed by atoms with E-state index in [1.54, 1.807) is 0 Å². The van der Waals surface area contributed by atoms with Gasteiger partial charge in [-0.25, -0.2) is 0 Å². The van der Waals surface area contributed by atoms with Crippen molar-refractivity contribution >= 4 is 5.91 Å². The minimum Gasteiger partial charge on any atom is -0.381 e. The highest BCUT2D eigenvalue weighted by Crippen LogP contribution is 2.27. The van der Waals surface area contributed by atoms with Gasteiger partial charge in [-0.3, -0.25) is 9.69 Å². The van der Waals surface area contributed by atoms with Gasteiger partial charge in [0.25, 0.3) is 5.91 Å². The molecule has 0 radical (unpaired) electrons. The first-order valence-electron chi connectivity index (χ1n) is 10.6. The zero-order valence-electron chi connectivity index (χ0n) is 16.2. The Balaban J connectivity index is 1.39. The Morgan fingerprint density at radius 1 is 0.963 bits per heavy atom. The number of benzene rings is 1. The Kier molecular flexibility index (Phi) is 6.43. The molecule has 0 bridgehead atoms. The zero-order chi connectivity index (χ0) is 18.5. The van der Waals surface area contributed by atoms with E-state index in [9.17, 15) is 4.79 Å². The maximum Gasteiger partial charge on any atom is 0.251 e. The number of nitrogens with zero attached hydrogens (tertiary/aromatic N) is 2. The Bertz CT molecular complexity index is 589. The average molecular weight is 373 g/mol. The van der Waals surface area contributed by atoms with Crippen molar-refractivity contribution in [1.82, 2.24) is 9.80 Å². The fourth-order valence-corrected chi connectivity index (χ4v) is 4.76. The summed E-state index contributed by atoms with van der Waals surface area (Å²) in [5.41, 5.74) is 1.38. The van der Waals surface area contributed by atoms with E-state index < -0.39 is 0 Å². The van der Waals surface area contributed by atoms with Crippen LogP contribution in [0, 0.1) is 0 Å². The van der Waals surface area contributed by atoms with E-state index in [-0.39, 0.29) is 12.0 Å². The molecule has 148 valence electrons. The van der Waals surface area contributed by atoms with Crippen molar-refractivity contribution in [2.45, 2.75) is 63.3 Å². The molecule has 0 spiro atoms. The number of carbonyl (C=O) groups excluding carboxylic acids is 1. The molecule has 0 aromatic heterocycles. The minimum atomic E-state index is -0.183. The van der Waals surface area contributed by atoms with Crippen LogP contribution in [0.4, 0.5) is 0 Å². The van der Waals surface area contributed by atoms with Gasteiger partial charge in [0.05, 0.1) is 0 Å². The van der Waals surface area contributed by atoms with Gasteiger partial charge in [0.1, 0.15) is 6.10 Å². The second kappa shape index (κ2) is 9.18. The molecule has 4 rings (SSSR count). The van der Waals surface area contributed by atoms with Gasteiger partial charge < -0.3 is 14.4 Å². The lowest BCUT2D eigenvalue weighted by atomic mass is 9.96. The van der Waals surface area contributed by atoms with Crippen LogP contribution >= 0.6 is 0 Å². The van der Waals surface area contributed by atoms with Gasteiger partial charge in [-0.1, -0.05) is 30.3 Å². The molecule has 3 saturated heterocycles. The molecule has 0 saturated carbocycles. The van der Waals surface area contributed by atoms with Crippen LogP contribution in [-0.2, 0) is 20.8 Å². The molecule has 1 unspecified atom stereocenters. The summed E-state index contributed by atoms with van der Waals surface area (Å²) < 4.78 is 11.2. The third-order valence-electron chi connectivity index (χ3n) is 6.32. The summed E-state index contributed by atoms with van der Waals surface area (Å²) in [6.45, 7) is 5.19. The molecule has 3 heterocycles. The molecule has 1 amide bonds. The number of ether oxygens (including phenoxy) is 2. The van der Waals surface area contributed by atoms with Gasteiger partial charge in [0.15, 0.2) is 0 Å². The number of likely N-dealkylation sites (tertiary alicyclic amines) is 1. The molecule has 3 aliphatic heterocycles. The lowest BCUT2D eigenvalue weighted by Crippen LogP contribution is -2.52. The predicted molar refractivity (Wildman–Crippen MR) is 104 cm³/mol. The number of amides is 1. The molecule has 0 aliphatic carbocycles. The van der Waals surface area contributed by atoms with Crippen LogP contribution in [0.15, 0.2) is 30.3 Å². The summed E-state index contributed by atoms with van der Waals surface area (Å²) in [7, 11) is 0. The van der Waals surface area contributed by atoms with Crippen LogP contribution in [0.25, 0.3) is 0 Å². The number of rotatable bonds is 5. The van der Waals surface area contributed by atoms with E-state index in [1.807, 2.05) is 4.90 Å². The molecule has 5 heteroatoms. The van der Waals surface area contributed by atoms with Crippen LogP contribution < -0.4 is 0 Å². The monoisotopic (exact) mass is 372 g/mol. The Morgan fingerprint density at radius 3 is 2.33 bits per heavy atom. The topological polar surface area (TPSA) is 42.0 Å². The molecule has 5 nitrogen and oxygen atoms in total. The number of hydrogen-bond acceptors (Lipinski definition) is 4. The fourth-order valence-electron chi connectivity index (χ4n) is 4.76. The van der Waals surface area contributed by atoms with Crippen LogP contribution in [0.5, 0.6) is 0 Å². The molecule has 1 aromatic carbocycles. The van der Waals surface area contributed by atoms with E-state index in [4.69, 9.17) is 9.47 Å². The smallest absolute Gasteiger partial charge is 0.251 e. The standard InChI is InChI=1S/C22H32N2O3/c25-22(21-7-4-14-27-21)23-12-8-19(9-13-23)24(20-10-15-26-16-11-20)17-18-5-2-1-3-6-18/h1-3,5-6,19-21H,4,7-17H2. The van der Waals surface area contributed by atoms with Gasteiger partial charge in [0.2, 0.25) is 0 Å². The van der Waals surface area contributed by atoms with E-state index in [0.29, 0.717) is 12.1 Å². The first-order chi connectivity index (χ1) is 13.3. The van der Waals surface area contributed by atoms with Crippen LogP contribution in [0.1, 0.15) is 44.1 Å². The maximum absolute atomic E-state index is 12.6. The second-order valence-corrected chi connectivity index (χ2v) is 8.06. The largest absolute Gasteiger partial charge is 0.381 e. The molecule has 1 atom stereocenters. The molecule has 3 fully saturated rings. The van der Waals surface area contributed by atoms with Gasteiger partial charge in [-0.05, 0) is 44.1 Å². The average Bonchev–Trinajstić information content (AvgIpc) is 3.28. The van der Waals surface area contributed by atoms with Gasteiger partial charge in [-0.2, -0.15) is 0 Å². The van der Waals surface area contributed by atoms with Crippen molar-refractivity contribution in [3.8, 4) is 0 Å². The fraction of sp³-hybridized carbons (Fsp3) is 0.682. The first kappa shape index (κ1) is 18.9. The van der Waals surface area contributed by atoms with E-state index >= 15 is 0 Å². The number of piperidine rings is 1. The summed E-state index contributed by atoms with van der Waals surface area (Å²) in [5, 5.41) is 0. The summed E-state index contributed by atoms with van der Waals surface area (Å²) in [6, 6.07) is 11.9. The SMILES string of the molecule is O=C(C1CCCO1)N1CCC(N(Cc2ccccc2)C2CCOCC2)CC1. The van der Waals surface area contributed by atoms with Crippen molar-refractivity contribution in [2.75, 3.05) is 32.9 Å². The van der Waals surface area contributed by atoms with Crippen molar-refractivity contribution in [3.05, 3.63) is 35.9 Å². The van der Waals surface area contributed by atoms with Gasteiger partial charge in [0, 0.05) is 51.5 Å². The van der Waals surface area contributed by atoms with Crippen molar-refractivity contribution in [1.29, 1.82) is 0 Å². The van der Waals surface area contributed by atoms with E-state index in [2.05, 4.69) is 35.2 Å². The van der Waals surface area contributed by atoms with E-state index in [1.165, 1.54) is 5.56 Å². The molecule has 27 heavy (non-hydrogen) atoms. The molecular formula is C22H32N2O3. The third-order valence-corrected chi connectivity index (χ3v) is 6.32. The predicted octanol–water partition coefficient (Wildman–Crippen LogP) is 2.84. The van der Waals surface area contributed by atoms with E-state index in [0.717, 1.165) is 78.0 Å². The summed E-state index contributed by atoms with van der Waals surface area (Å²) in [4.78, 5) is 17.4. The van der Waals surface area contributed by atoms with Crippen LogP contribution in [0.2, 0.25) is 0 Å². The van der Waals surface area contributed by atoms with Crippen LogP contribution in [-0.4, -0.2) is 66.8 Å².